The van der Waals surface area contributed by atoms with E-state index in [0.717, 1.165) is 5.52 Å². The number of hydrogen-bond donors (Lipinski definition) is 1. The van der Waals surface area contributed by atoms with Crippen LogP contribution in [0.15, 0.2) is 53.3 Å². The maximum absolute atomic E-state index is 13.1. The van der Waals surface area contributed by atoms with Gasteiger partial charge in [-0.05, 0) is 36.8 Å². The van der Waals surface area contributed by atoms with Gasteiger partial charge >= 0.3 is 0 Å². The minimum atomic E-state index is -0.336. The van der Waals surface area contributed by atoms with Crippen LogP contribution in [0.3, 0.4) is 0 Å². The molecule has 6 heteroatoms. The highest BCUT2D eigenvalue weighted by atomic mass is 19.1. The Labute approximate surface area is 144 Å². The van der Waals surface area contributed by atoms with Gasteiger partial charge in [0.05, 0.1) is 11.0 Å². The van der Waals surface area contributed by atoms with E-state index in [1.54, 1.807) is 23.6 Å². The second kappa shape index (κ2) is 7.25. The van der Waals surface area contributed by atoms with Crippen molar-refractivity contribution in [2.75, 3.05) is 0 Å². The van der Waals surface area contributed by atoms with Crippen molar-refractivity contribution in [3.63, 3.8) is 0 Å². The first kappa shape index (κ1) is 16.8. The van der Waals surface area contributed by atoms with Gasteiger partial charge in [0.2, 0.25) is 5.91 Å². The number of aryl methyl sites for hydroxylation is 2. The summed E-state index contributed by atoms with van der Waals surface area (Å²) in [5.74, 6) is -0.535. The second-order valence-electron chi connectivity index (χ2n) is 5.80. The molecule has 0 bridgehead atoms. The number of para-hydroxylation sites is 2. The van der Waals surface area contributed by atoms with Crippen molar-refractivity contribution in [2.24, 2.45) is 0 Å². The molecule has 0 saturated heterocycles. The fourth-order valence-corrected chi connectivity index (χ4v) is 2.69. The van der Waals surface area contributed by atoms with Crippen molar-refractivity contribution < 1.29 is 9.18 Å². The van der Waals surface area contributed by atoms with Gasteiger partial charge in [0, 0.05) is 19.5 Å². The third-order valence-electron chi connectivity index (χ3n) is 3.96. The molecule has 2 aromatic carbocycles. The Bertz CT molecular complexity index is 982. The van der Waals surface area contributed by atoms with Crippen LogP contribution in [0.1, 0.15) is 17.7 Å². The number of nitrogens with zero attached hydrogens (tertiary/aromatic N) is 2. The van der Waals surface area contributed by atoms with Gasteiger partial charge in [0.25, 0.3) is 5.56 Å². The molecule has 25 heavy (non-hydrogen) atoms. The number of rotatable bonds is 5. The van der Waals surface area contributed by atoms with E-state index in [2.05, 4.69) is 10.3 Å². The Hall–Kier alpha value is -3.02. The Morgan fingerprint density at radius 2 is 2.00 bits per heavy atom. The van der Waals surface area contributed by atoms with E-state index in [1.807, 2.05) is 24.3 Å². The van der Waals surface area contributed by atoms with Gasteiger partial charge in [-0.3, -0.25) is 9.59 Å². The summed E-state index contributed by atoms with van der Waals surface area (Å²) in [5.41, 5.74) is 2.32. The van der Waals surface area contributed by atoms with Crippen molar-refractivity contribution in [1.29, 1.82) is 0 Å². The maximum atomic E-state index is 13.1. The van der Waals surface area contributed by atoms with Crippen molar-refractivity contribution >= 4 is 16.9 Å². The predicted molar refractivity (Wildman–Crippen MR) is 93.6 cm³/mol. The number of aromatic nitrogens is 2. The van der Waals surface area contributed by atoms with Crippen molar-refractivity contribution in [2.45, 2.75) is 26.4 Å². The lowest BCUT2D eigenvalue weighted by Crippen LogP contribution is -2.28. The van der Waals surface area contributed by atoms with Crippen LogP contribution in [-0.4, -0.2) is 15.5 Å². The normalized spacial score (nSPS) is 10.8. The van der Waals surface area contributed by atoms with Gasteiger partial charge in [-0.15, -0.1) is 0 Å². The summed E-state index contributed by atoms with van der Waals surface area (Å²) in [6.07, 6.45) is 0.155. The summed E-state index contributed by atoms with van der Waals surface area (Å²) in [6, 6.07) is 13.4. The number of amides is 1. The SMILES string of the molecule is Cc1nc2ccccc2n(CCC(=O)NCc2cccc(F)c2)c1=O. The number of nitrogens with one attached hydrogen (secondary N) is 1. The van der Waals surface area contributed by atoms with E-state index in [1.165, 1.54) is 12.1 Å². The van der Waals surface area contributed by atoms with E-state index in [4.69, 9.17) is 0 Å². The molecule has 3 rings (SSSR count). The van der Waals surface area contributed by atoms with Crippen LogP contribution in [0.5, 0.6) is 0 Å². The van der Waals surface area contributed by atoms with Crippen LogP contribution in [0.2, 0.25) is 0 Å². The molecule has 5 nitrogen and oxygen atoms in total. The Balaban J connectivity index is 1.69. The first-order chi connectivity index (χ1) is 12.0. The summed E-state index contributed by atoms with van der Waals surface area (Å²) in [5, 5.41) is 2.74. The van der Waals surface area contributed by atoms with E-state index in [-0.39, 0.29) is 36.8 Å². The molecule has 1 amide bonds. The summed E-state index contributed by atoms with van der Waals surface area (Å²) in [4.78, 5) is 28.7. The number of benzene rings is 2. The number of hydrogen-bond acceptors (Lipinski definition) is 3. The number of carbonyl (C=O) groups excluding carboxylic acids is 1. The molecule has 1 aromatic heterocycles. The largest absolute Gasteiger partial charge is 0.352 e. The van der Waals surface area contributed by atoms with Gasteiger partial charge < -0.3 is 9.88 Å². The Morgan fingerprint density at radius 1 is 1.20 bits per heavy atom. The van der Waals surface area contributed by atoms with Crippen LogP contribution < -0.4 is 10.9 Å². The summed E-state index contributed by atoms with van der Waals surface area (Å²) >= 11 is 0. The lowest BCUT2D eigenvalue weighted by atomic mass is 10.2. The molecule has 128 valence electrons. The molecule has 0 aliphatic rings. The lowest BCUT2D eigenvalue weighted by molar-refractivity contribution is -0.121. The molecule has 0 aliphatic heterocycles. The summed E-state index contributed by atoms with van der Waals surface area (Å²) < 4.78 is 14.7. The molecule has 0 spiro atoms. The maximum Gasteiger partial charge on any atom is 0.272 e. The van der Waals surface area contributed by atoms with Crippen molar-refractivity contribution in [1.82, 2.24) is 14.9 Å². The standard InChI is InChI=1S/C19H18FN3O2/c1-13-19(25)23(17-8-3-2-7-16(17)22-13)10-9-18(24)21-12-14-5-4-6-15(20)11-14/h2-8,11H,9-10,12H2,1H3,(H,21,24). The molecule has 1 heterocycles. The van der Waals surface area contributed by atoms with Gasteiger partial charge in [-0.1, -0.05) is 24.3 Å². The zero-order chi connectivity index (χ0) is 17.8. The van der Waals surface area contributed by atoms with Crippen LogP contribution in [0.25, 0.3) is 11.0 Å². The third kappa shape index (κ3) is 3.91. The van der Waals surface area contributed by atoms with Gasteiger partial charge in [-0.2, -0.15) is 0 Å². The highest BCUT2D eigenvalue weighted by Gasteiger charge is 2.09. The van der Waals surface area contributed by atoms with Crippen LogP contribution in [-0.2, 0) is 17.9 Å². The van der Waals surface area contributed by atoms with Crippen molar-refractivity contribution in [3.05, 3.63) is 76.0 Å². The molecular weight excluding hydrogens is 321 g/mol. The average Bonchev–Trinajstić information content (AvgIpc) is 2.60. The zero-order valence-electron chi connectivity index (χ0n) is 13.8. The molecule has 0 fully saturated rings. The Morgan fingerprint density at radius 3 is 2.80 bits per heavy atom. The van der Waals surface area contributed by atoms with Gasteiger partial charge in [-0.25, -0.2) is 9.37 Å². The van der Waals surface area contributed by atoms with Crippen LogP contribution in [0.4, 0.5) is 4.39 Å². The molecule has 3 aromatic rings. The molecule has 0 unspecified atom stereocenters. The molecule has 0 radical (unpaired) electrons. The minimum absolute atomic E-state index is 0.155. The average molecular weight is 339 g/mol. The number of halogens is 1. The van der Waals surface area contributed by atoms with E-state index < -0.39 is 0 Å². The lowest BCUT2D eigenvalue weighted by Gasteiger charge is -2.11. The minimum Gasteiger partial charge on any atom is -0.352 e. The van der Waals surface area contributed by atoms with E-state index in [0.29, 0.717) is 16.8 Å². The first-order valence-corrected chi connectivity index (χ1v) is 8.02. The fraction of sp³-hybridized carbons (Fsp3) is 0.211. The van der Waals surface area contributed by atoms with Gasteiger partial charge in [0.1, 0.15) is 11.5 Å². The fourth-order valence-electron chi connectivity index (χ4n) is 2.69. The third-order valence-corrected chi connectivity index (χ3v) is 3.96. The Kier molecular flexibility index (Phi) is 4.88. The smallest absolute Gasteiger partial charge is 0.272 e. The van der Waals surface area contributed by atoms with E-state index >= 15 is 0 Å². The highest BCUT2D eigenvalue weighted by molar-refractivity contribution is 5.77. The van der Waals surface area contributed by atoms with Crippen LogP contribution >= 0.6 is 0 Å². The number of carbonyl (C=O) groups is 1. The topological polar surface area (TPSA) is 64.0 Å². The quantitative estimate of drug-likeness (QED) is 0.777. The van der Waals surface area contributed by atoms with E-state index in [9.17, 15) is 14.0 Å². The molecular formula is C19H18FN3O2. The molecule has 1 N–H and O–H groups in total. The number of fused-ring (bicyclic) bond motifs is 1. The van der Waals surface area contributed by atoms with Crippen molar-refractivity contribution in [3.8, 4) is 0 Å². The predicted octanol–water partition coefficient (Wildman–Crippen LogP) is 2.55. The summed E-state index contributed by atoms with van der Waals surface area (Å²) in [6.45, 7) is 2.18. The molecule has 0 saturated carbocycles. The highest BCUT2D eigenvalue weighted by Crippen LogP contribution is 2.10. The summed E-state index contributed by atoms with van der Waals surface area (Å²) in [7, 11) is 0. The second-order valence-corrected chi connectivity index (χ2v) is 5.80. The van der Waals surface area contributed by atoms with Gasteiger partial charge in [0.15, 0.2) is 0 Å². The zero-order valence-corrected chi connectivity index (χ0v) is 13.8. The van der Waals surface area contributed by atoms with Crippen LogP contribution in [0, 0.1) is 12.7 Å². The molecule has 0 atom stereocenters. The monoisotopic (exact) mass is 339 g/mol. The molecule has 0 aliphatic carbocycles. The first-order valence-electron chi connectivity index (χ1n) is 8.02.